The Hall–Kier alpha value is -2.33. The highest BCUT2D eigenvalue weighted by Crippen LogP contribution is 2.23. The smallest absolute Gasteiger partial charge is 0.130 e. The van der Waals surface area contributed by atoms with Crippen LogP contribution in [0.3, 0.4) is 0 Å². The van der Waals surface area contributed by atoms with Crippen molar-refractivity contribution < 1.29 is 0 Å². The maximum absolute atomic E-state index is 5.88. The summed E-state index contributed by atoms with van der Waals surface area (Å²) in [5.41, 5.74) is 3.07. The Labute approximate surface area is 134 Å². The molecule has 4 nitrogen and oxygen atoms in total. The highest BCUT2D eigenvalue weighted by atomic mass is 35.5. The van der Waals surface area contributed by atoms with Gasteiger partial charge in [0, 0.05) is 28.5 Å². The summed E-state index contributed by atoms with van der Waals surface area (Å²) in [4.78, 5) is 8.69. The van der Waals surface area contributed by atoms with Crippen molar-refractivity contribution >= 4 is 23.1 Å². The van der Waals surface area contributed by atoms with Crippen LogP contribution in [0.5, 0.6) is 0 Å². The molecule has 0 aliphatic carbocycles. The van der Waals surface area contributed by atoms with E-state index < -0.39 is 0 Å². The van der Waals surface area contributed by atoms with Crippen LogP contribution in [-0.4, -0.2) is 14.5 Å². The van der Waals surface area contributed by atoms with E-state index in [1.807, 2.05) is 55.1 Å². The van der Waals surface area contributed by atoms with Crippen LogP contribution in [0.2, 0.25) is 5.02 Å². The van der Waals surface area contributed by atoms with Gasteiger partial charge in [0.25, 0.3) is 0 Å². The zero-order valence-electron chi connectivity index (χ0n) is 12.5. The molecule has 0 amide bonds. The van der Waals surface area contributed by atoms with E-state index in [9.17, 15) is 0 Å². The number of aromatic nitrogens is 3. The molecule has 2 aromatic heterocycles. The van der Waals surface area contributed by atoms with Crippen LogP contribution < -0.4 is 5.32 Å². The molecule has 0 aliphatic heterocycles. The molecule has 0 saturated heterocycles. The summed E-state index contributed by atoms with van der Waals surface area (Å²) in [7, 11) is 0. The molecule has 1 N–H and O–H groups in total. The van der Waals surface area contributed by atoms with Gasteiger partial charge in [-0.2, -0.15) is 0 Å². The molecule has 0 fully saturated rings. The molecule has 0 unspecified atom stereocenters. The number of nitrogens with one attached hydrogen (secondary N) is 1. The van der Waals surface area contributed by atoms with Gasteiger partial charge in [-0.25, -0.2) is 9.97 Å². The summed E-state index contributed by atoms with van der Waals surface area (Å²) in [6.07, 6.45) is 5.57. The van der Waals surface area contributed by atoms with Crippen molar-refractivity contribution in [1.29, 1.82) is 0 Å². The summed E-state index contributed by atoms with van der Waals surface area (Å²) < 4.78 is 2.13. The molecule has 0 atom stereocenters. The summed E-state index contributed by atoms with van der Waals surface area (Å²) in [5.74, 6) is 0.793. The predicted molar refractivity (Wildman–Crippen MR) is 90.6 cm³/mol. The second kappa shape index (κ2) is 6.20. The lowest BCUT2D eigenvalue weighted by Gasteiger charge is -2.12. The number of anilines is 2. The Morgan fingerprint density at radius 1 is 1.05 bits per heavy atom. The first-order chi connectivity index (χ1) is 10.6. The molecule has 0 spiro atoms. The van der Waals surface area contributed by atoms with Gasteiger partial charge in [0.05, 0.1) is 18.2 Å². The number of imidazole rings is 1. The molecule has 0 saturated carbocycles. The van der Waals surface area contributed by atoms with Crippen LogP contribution in [-0.2, 0) is 0 Å². The first kappa shape index (κ1) is 14.6. The SMILES string of the molecule is CC(C)n1cncc1-c1ccc(Nc2ccc(Cl)cc2)nc1. The largest absolute Gasteiger partial charge is 0.340 e. The van der Waals surface area contributed by atoms with Gasteiger partial charge < -0.3 is 9.88 Å². The van der Waals surface area contributed by atoms with E-state index in [4.69, 9.17) is 11.6 Å². The third kappa shape index (κ3) is 3.12. The summed E-state index contributed by atoms with van der Waals surface area (Å²) in [6, 6.07) is 11.9. The fourth-order valence-corrected chi connectivity index (χ4v) is 2.37. The molecule has 2 heterocycles. The number of hydrogen-bond donors (Lipinski definition) is 1. The normalized spacial score (nSPS) is 10.9. The highest BCUT2D eigenvalue weighted by molar-refractivity contribution is 6.30. The van der Waals surface area contributed by atoms with Gasteiger partial charge >= 0.3 is 0 Å². The van der Waals surface area contributed by atoms with Gasteiger partial charge in [-0.05, 0) is 50.2 Å². The van der Waals surface area contributed by atoms with Crippen molar-refractivity contribution in [3.8, 4) is 11.3 Å². The lowest BCUT2D eigenvalue weighted by molar-refractivity contribution is 0.605. The highest BCUT2D eigenvalue weighted by Gasteiger charge is 2.08. The maximum atomic E-state index is 5.88. The van der Waals surface area contributed by atoms with Gasteiger partial charge in [0.2, 0.25) is 0 Å². The van der Waals surface area contributed by atoms with Crippen molar-refractivity contribution in [2.24, 2.45) is 0 Å². The number of nitrogens with zero attached hydrogens (tertiary/aromatic N) is 3. The van der Waals surface area contributed by atoms with Crippen LogP contribution >= 0.6 is 11.6 Å². The average molecular weight is 313 g/mol. The topological polar surface area (TPSA) is 42.7 Å². The van der Waals surface area contributed by atoms with Crippen molar-refractivity contribution in [2.45, 2.75) is 19.9 Å². The van der Waals surface area contributed by atoms with Crippen molar-refractivity contribution in [3.63, 3.8) is 0 Å². The number of pyridine rings is 1. The minimum Gasteiger partial charge on any atom is -0.340 e. The zero-order valence-corrected chi connectivity index (χ0v) is 13.2. The van der Waals surface area contributed by atoms with E-state index in [-0.39, 0.29) is 0 Å². The molecular weight excluding hydrogens is 296 g/mol. The zero-order chi connectivity index (χ0) is 15.5. The molecule has 5 heteroatoms. The van der Waals surface area contributed by atoms with Crippen molar-refractivity contribution in [1.82, 2.24) is 14.5 Å². The molecule has 1 aromatic carbocycles. The molecule has 3 rings (SSSR count). The first-order valence-corrected chi connectivity index (χ1v) is 7.52. The Morgan fingerprint density at radius 3 is 2.45 bits per heavy atom. The van der Waals surface area contributed by atoms with E-state index in [1.54, 1.807) is 0 Å². The molecular formula is C17H17ClN4. The molecule has 112 valence electrons. The Kier molecular flexibility index (Phi) is 4.11. The Morgan fingerprint density at radius 2 is 1.82 bits per heavy atom. The van der Waals surface area contributed by atoms with E-state index in [2.05, 4.69) is 33.7 Å². The minimum atomic E-state index is 0.365. The van der Waals surface area contributed by atoms with Crippen LogP contribution in [0.4, 0.5) is 11.5 Å². The third-order valence-electron chi connectivity index (χ3n) is 3.40. The van der Waals surface area contributed by atoms with Gasteiger partial charge in [0.1, 0.15) is 5.82 Å². The first-order valence-electron chi connectivity index (χ1n) is 7.14. The number of benzene rings is 1. The molecule has 3 aromatic rings. The van der Waals surface area contributed by atoms with Crippen molar-refractivity contribution in [3.05, 3.63) is 60.1 Å². The predicted octanol–water partition coefficient (Wildman–Crippen LogP) is 4.92. The number of rotatable bonds is 4. The standard InChI is InChI=1S/C17H17ClN4/c1-12(2)22-11-19-10-16(22)13-3-8-17(20-9-13)21-15-6-4-14(18)5-7-15/h3-12H,1-2H3,(H,20,21). The summed E-state index contributed by atoms with van der Waals surface area (Å²) in [6.45, 7) is 4.27. The molecule has 22 heavy (non-hydrogen) atoms. The third-order valence-corrected chi connectivity index (χ3v) is 3.65. The minimum absolute atomic E-state index is 0.365. The number of hydrogen-bond acceptors (Lipinski definition) is 3. The van der Waals surface area contributed by atoms with Gasteiger partial charge in [0.15, 0.2) is 0 Å². The summed E-state index contributed by atoms with van der Waals surface area (Å²) >= 11 is 5.88. The fourth-order valence-electron chi connectivity index (χ4n) is 2.24. The van der Waals surface area contributed by atoms with E-state index in [1.165, 1.54) is 0 Å². The van der Waals surface area contributed by atoms with Crippen LogP contribution in [0.1, 0.15) is 19.9 Å². The van der Waals surface area contributed by atoms with Crippen LogP contribution in [0.15, 0.2) is 55.1 Å². The maximum Gasteiger partial charge on any atom is 0.130 e. The Balaban J connectivity index is 1.80. The van der Waals surface area contributed by atoms with Gasteiger partial charge in [-0.3, -0.25) is 0 Å². The fraction of sp³-hybridized carbons (Fsp3) is 0.176. The van der Waals surface area contributed by atoms with Gasteiger partial charge in [-0.1, -0.05) is 11.6 Å². The van der Waals surface area contributed by atoms with Crippen molar-refractivity contribution in [2.75, 3.05) is 5.32 Å². The quantitative estimate of drug-likeness (QED) is 0.743. The van der Waals surface area contributed by atoms with Gasteiger partial charge in [-0.15, -0.1) is 0 Å². The molecule has 0 bridgehead atoms. The lowest BCUT2D eigenvalue weighted by atomic mass is 10.2. The monoisotopic (exact) mass is 312 g/mol. The Bertz CT molecular complexity index is 745. The molecule has 0 aliphatic rings. The second-order valence-corrected chi connectivity index (χ2v) is 5.78. The molecule has 0 radical (unpaired) electrons. The van der Waals surface area contributed by atoms with Crippen LogP contribution in [0.25, 0.3) is 11.3 Å². The van der Waals surface area contributed by atoms with Crippen LogP contribution in [0, 0.1) is 0 Å². The van der Waals surface area contributed by atoms with E-state index in [0.717, 1.165) is 27.8 Å². The summed E-state index contributed by atoms with van der Waals surface area (Å²) in [5, 5.41) is 3.97. The second-order valence-electron chi connectivity index (χ2n) is 5.34. The van der Waals surface area contributed by atoms with E-state index >= 15 is 0 Å². The average Bonchev–Trinajstić information content (AvgIpc) is 3.00. The lowest BCUT2D eigenvalue weighted by Crippen LogP contribution is -2.01. The van der Waals surface area contributed by atoms with E-state index in [0.29, 0.717) is 6.04 Å². The number of halogens is 1.